The molecule has 1 aliphatic rings. The molecule has 0 saturated heterocycles. The third-order valence-corrected chi connectivity index (χ3v) is 5.12. The van der Waals surface area contributed by atoms with Gasteiger partial charge in [-0.25, -0.2) is 4.90 Å². The maximum atomic E-state index is 13.1. The highest BCUT2D eigenvalue weighted by atomic mass is 16.3. The molecule has 0 radical (unpaired) electrons. The van der Waals surface area contributed by atoms with Gasteiger partial charge < -0.3 is 9.73 Å². The quantitative estimate of drug-likeness (QED) is 0.505. The van der Waals surface area contributed by atoms with Crippen LogP contribution >= 0.6 is 0 Å². The van der Waals surface area contributed by atoms with Gasteiger partial charge in [-0.2, -0.15) is 0 Å². The van der Waals surface area contributed by atoms with E-state index < -0.39 is 0 Å². The SMILES string of the molecule is Cc1ccc(C(=O)Nc2ccc(N3C(=O)c4cccc5cccc(c45)C3=O)cc2)o1. The number of furan rings is 1. The van der Waals surface area contributed by atoms with Crippen molar-refractivity contribution in [2.75, 3.05) is 10.2 Å². The highest BCUT2D eigenvalue weighted by molar-refractivity contribution is 6.35. The molecular formula is C24H16N2O4. The summed E-state index contributed by atoms with van der Waals surface area (Å²) < 4.78 is 5.32. The molecule has 146 valence electrons. The largest absolute Gasteiger partial charge is 0.456 e. The van der Waals surface area contributed by atoms with Crippen LogP contribution in [0.25, 0.3) is 10.8 Å². The van der Waals surface area contributed by atoms with Gasteiger partial charge in [-0.3, -0.25) is 14.4 Å². The summed E-state index contributed by atoms with van der Waals surface area (Å²) in [5, 5.41) is 4.28. The highest BCUT2D eigenvalue weighted by Gasteiger charge is 2.33. The van der Waals surface area contributed by atoms with Crippen molar-refractivity contribution in [2.45, 2.75) is 6.92 Å². The van der Waals surface area contributed by atoms with Gasteiger partial charge >= 0.3 is 0 Å². The summed E-state index contributed by atoms with van der Waals surface area (Å²) in [7, 11) is 0. The van der Waals surface area contributed by atoms with E-state index in [-0.39, 0.29) is 23.5 Å². The van der Waals surface area contributed by atoms with Gasteiger partial charge in [0.05, 0.1) is 5.69 Å². The van der Waals surface area contributed by atoms with Crippen molar-refractivity contribution in [1.82, 2.24) is 0 Å². The van der Waals surface area contributed by atoms with Gasteiger partial charge in [-0.05, 0) is 60.8 Å². The predicted molar refractivity (Wildman–Crippen MR) is 113 cm³/mol. The number of imide groups is 1. The number of aryl methyl sites for hydroxylation is 1. The van der Waals surface area contributed by atoms with E-state index in [1.54, 1.807) is 55.5 Å². The van der Waals surface area contributed by atoms with Gasteiger partial charge in [-0.1, -0.05) is 24.3 Å². The van der Waals surface area contributed by atoms with Crippen molar-refractivity contribution >= 4 is 39.9 Å². The number of carbonyl (C=O) groups excluding carboxylic acids is 3. The van der Waals surface area contributed by atoms with E-state index >= 15 is 0 Å². The average molecular weight is 396 g/mol. The molecule has 1 aliphatic heterocycles. The van der Waals surface area contributed by atoms with Gasteiger partial charge in [-0.15, -0.1) is 0 Å². The maximum absolute atomic E-state index is 13.1. The van der Waals surface area contributed by atoms with Crippen LogP contribution < -0.4 is 10.2 Å². The number of carbonyl (C=O) groups is 3. The summed E-state index contributed by atoms with van der Waals surface area (Å²) >= 11 is 0. The molecule has 3 amide bonds. The third-order valence-electron chi connectivity index (χ3n) is 5.12. The number of nitrogens with zero attached hydrogens (tertiary/aromatic N) is 1. The summed E-state index contributed by atoms with van der Waals surface area (Å²) in [4.78, 5) is 39.6. The Balaban J connectivity index is 1.45. The van der Waals surface area contributed by atoms with Gasteiger partial charge in [0.2, 0.25) is 0 Å². The van der Waals surface area contributed by atoms with Crippen LogP contribution in [0.15, 0.2) is 77.2 Å². The van der Waals surface area contributed by atoms with Crippen LogP contribution in [-0.2, 0) is 0 Å². The minimum Gasteiger partial charge on any atom is -0.456 e. The van der Waals surface area contributed by atoms with E-state index in [4.69, 9.17) is 4.42 Å². The number of rotatable bonds is 3. The van der Waals surface area contributed by atoms with Crippen LogP contribution in [0, 0.1) is 6.92 Å². The van der Waals surface area contributed by atoms with Crippen molar-refractivity contribution in [3.63, 3.8) is 0 Å². The molecule has 0 unspecified atom stereocenters. The lowest BCUT2D eigenvalue weighted by atomic mass is 9.94. The minimum atomic E-state index is -0.374. The summed E-state index contributed by atoms with van der Waals surface area (Å²) in [6.07, 6.45) is 0. The van der Waals surface area contributed by atoms with Gasteiger partial charge in [0.15, 0.2) is 5.76 Å². The number of hydrogen-bond acceptors (Lipinski definition) is 4. The topological polar surface area (TPSA) is 79.6 Å². The van der Waals surface area contributed by atoms with Crippen molar-refractivity contribution in [1.29, 1.82) is 0 Å². The molecule has 6 heteroatoms. The predicted octanol–water partition coefficient (Wildman–Crippen LogP) is 4.79. The second-order valence-electron chi connectivity index (χ2n) is 7.07. The van der Waals surface area contributed by atoms with E-state index in [0.717, 1.165) is 5.39 Å². The third kappa shape index (κ3) is 2.78. The normalized spacial score (nSPS) is 13.0. The fourth-order valence-corrected chi connectivity index (χ4v) is 3.71. The first-order chi connectivity index (χ1) is 14.5. The number of benzene rings is 3. The number of amides is 3. The monoisotopic (exact) mass is 396 g/mol. The number of nitrogens with one attached hydrogen (secondary N) is 1. The first-order valence-electron chi connectivity index (χ1n) is 9.41. The molecular weight excluding hydrogens is 380 g/mol. The van der Waals surface area contributed by atoms with E-state index in [1.165, 1.54) is 4.90 Å². The van der Waals surface area contributed by atoms with E-state index in [2.05, 4.69) is 5.32 Å². The average Bonchev–Trinajstić information content (AvgIpc) is 3.20. The number of hydrogen-bond donors (Lipinski definition) is 1. The summed E-state index contributed by atoms with van der Waals surface area (Å²) in [6, 6.07) is 20.7. The lowest BCUT2D eigenvalue weighted by Crippen LogP contribution is -2.40. The molecule has 0 spiro atoms. The van der Waals surface area contributed by atoms with Crippen molar-refractivity contribution in [3.05, 3.63) is 95.4 Å². The zero-order valence-electron chi connectivity index (χ0n) is 16.0. The van der Waals surface area contributed by atoms with E-state index in [0.29, 0.717) is 33.6 Å². The number of anilines is 2. The zero-order chi connectivity index (χ0) is 20.8. The molecule has 2 heterocycles. The second-order valence-corrected chi connectivity index (χ2v) is 7.07. The Morgan fingerprint density at radius 1 is 0.833 bits per heavy atom. The van der Waals surface area contributed by atoms with Crippen LogP contribution in [0.4, 0.5) is 11.4 Å². The molecule has 3 aromatic carbocycles. The van der Waals surface area contributed by atoms with E-state index in [1.807, 2.05) is 24.3 Å². The molecule has 1 N–H and O–H groups in total. The molecule has 4 aromatic rings. The van der Waals surface area contributed by atoms with Crippen LogP contribution in [-0.4, -0.2) is 17.7 Å². The lowest BCUT2D eigenvalue weighted by molar-refractivity contribution is 0.0892. The Morgan fingerprint density at radius 2 is 1.47 bits per heavy atom. The molecule has 5 rings (SSSR count). The van der Waals surface area contributed by atoms with Gasteiger partial charge in [0.1, 0.15) is 5.76 Å². The second kappa shape index (κ2) is 6.70. The minimum absolute atomic E-state index is 0.211. The summed E-state index contributed by atoms with van der Waals surface area (Å²) in [6.45, 7) is 1.76. The van der Waals surface area contributed by atoms with Crippen LogP contribution in [0.2, 0.25) is 0 Å². The summed E-state index contributed by atoms with van der Waals surface area (Å²) in [5.41, 5.74) is 1.95. The fraction of sp³-hybridized carbons (Fsp3) is 0.0417. The van der Waals surface area contributed by atoms with E-state index in [9.17, 15) is 14.4 Å². The Labute approximate surface area is 171 Å². The lowest BCUT2D eigenvalue weighted by Gasteiger charge is -2.27. The van der Waals surface area contributed by atoms with Crippen molar-refractivity contribution in [2.24, 2.45) is 0 Å². The standard InChI is InChI=1S/C24H16N2O4/c1-14-8-13-20(30-14)22(27)25-16-9-11-17(12-10-16)26-23(28)18-6-2-4-15-5-3-7-19(21(15)18)24(26)29/h2-13H,1H3,(H,25,27). The van der Waals surface area contributed by atoms with Crippen molar-refractivity contribution in [3.8, 4) is 0 Å². The molecule has 0 fully saturated rings. The highest BCUT2D eigenvalue weighted by Crippen LogP contribution is 2.33. The Kier molecular flexibility index (Phi) is 3.99. The Hall–Kier alpha value is -4.19. The maximum Gasteiger partial charge on any atom is 0.291 e. The van der Waals surface area contributed by atoms with Gasteiger partial charge in [0.25, 0.3) is 17.7 Å². The smallest absolute Gasteiger partial charge is 0.291 e. The molecule has 1 aromatic heterocycles. The molecule has 0 bridgehead atoms. The molecule has 30 heavy (non-hydrogen) atoms. The molecule has 0 aliphatic carbocycles. The molecule has 6 nitrogen and oxygen atoms in total. The van der Waals surface area contributed by atoms with Crippen LogP contribution in [0.1, 0.15) is 37.0 Å². The van der Waals surface area contributed by atoms with Crippen LogP contribution in [0.3, 0.4) is 0 Å². The molecule has 0 saturated carbocycles. The molecule has 0 atom stereocenters. The first kappa shape index (κ1) is 17.9. The van der Waals surface area contributed by atoms with Crippen LogP contribution in [0.5, 0.6) is 0 Å². The Bertz CT molecular complexity index is 1280. The van der Waals surface area contributed by atoms with Gasteiger partial charge in [0, 0.05) is 22.2 Å². The Morgan fingerprint density at radius 3 is 2.03 bits per heavy atom. The zero-order valence-corrected chi connectivity index (χ0v) is 16.0. The first-order valence-corrected chi connectivity index (χ1v) is 9.41. The fourth-order valence-electron chi connectivity index (χ4n) is 3.71. The van der Waals surface area contributed by atoms with Crippen molar-refractivity contribution < 1.29 is 18.8 Å². The summed E-state index contributed by atoms with van der Waals surface area (Å²) in [5.74, 6) is -0.253.